The summed E-state index contributed by atoms with van der Waals surface area (Å²) in [4.78, 5) is 19.4. The number of carbonyl (C=O) groups excluding carboxylic acids is 1. The first kappa shape index (κ1) is 19.5. The van der Waals surface area contributed by atoms with Crippen LogP contribution in [0.15, 0.2) is 24.3 Å². The van der Waals surface area contributed by atoms with E-state index in [4.69, 9.17) is 6.42 Å². The number of aromatic nitrogens is 1. The highest BCUT2D eigenvalue weighted by Gasteiger charge is 2.58. The molecule has 0 spiro atoms. The van der Waals surface area contributed by atoms with Crippen LogP contribution in [0.5, 0.6) is 0 Å². The van der Waals surface area contributed by atoms with Gasteiger partial charge in [-0.2, -0.15) is 0 Å². The zero-order chi connectivity index (χ0) is 21.2. The number of hydrogen-bond donors (Lipinski definition) is 1. The lowest BCUT2D eigenvalue weighted by Crippen LogP contribution is -2.58. The van der Waals surface area contributed by atoms with E-state index in [1.165, 1.54) is 60.7 Å². The van der Waals surface area contributed by atoms with Crippen molar-refractivity contribution >= 4 is 16.8 Å². The minimum Gasteiger partial charge on any atom is -0.356 e. The highest BCUT2D eigenvalue weighted by atomic mass is 16.2. The van der Waals surface area contributed by atoms with Gasteiger partial charge in [-0.25, -0.2) is 0 Å². The van der Waals surface area contributed by atoms with Gasteiger partial charge in [-0.05, 0) is 92.1 Å². The lowest BCUT2D eigenvalue weighted by molar-refractivity contribution is -0.149. The molecule has 4 aliphatic carbocycles. The van der Waals surface area contributed by atoms with E-state index in [1.807, 2.05) is 0 Å². The maximum Gasteiger partial charge on any atom is 0.299 e. The minimum atomic E-state index is -0.0915. The molecule has 0 saturated heterocycles. The summed E-state index contributed by atoms with van der Waals surface area (Å²) in [5.41, 5.74) is 4.17. The van der Waals surface area contributed by atoms with Crippen LogP contribution in [0.3, 0.4) is 0 Å². The van der Waals surface area contributed by atoms with Crippen molar-refractivity contribution in [2.45, 2.75) is 83.2 Å². The first-order chi connectivity index (χ1) is 15.1. The number of terminal acetylenes is 1. The van der Waals surface area contributed by atoms with Crippen LogP contribution in [-0.2, 0) is 11.2 Å². The van der Waals surface area contributed by atoms with E-state index in [0.29, 0.717) is 0 Å². The Bertz CT molecular complexity index is 1020. The van der Waals surface area contributed by atoms with E-state index >= 15 is 0 Å². The Morgan fingerprint density at radius 1 is 1.16 bits per heavy atom. The van der Waals surface area contributed by atoms with Gasteiger partial charge in [0, 0.05) is 22.6 Å². The van der Waals surface area contributed by atoms with Gasteiger partial charge < -0.3 is 9.88 Å². The Hall–Kier alpha value is -2.21. The second-order valence-corrected chi connectivity index (χ2v) is 11.1. The molecule has 0 radical (unpaired) electrons. The second kappa shape index (κ2) is 7.16. The molecule has 1 aromatic heterocycles. The van der Waals surface area contributed by atoms with Crippen molar-refractivity contribution < 1.29 is 4.79 Å². The maximum atomic E-state index is 13.3. The average molecular weight is 415 g/mol. The van der Waals surface area contributed by atoms with E-state index in [1.54, 1.807) is 0 Å². The number of benzene rings is 1. The molecule has 4 bridgehead atoms. The zero-order valence-electron chi connectivity index (χ0n) is 18.7. The molecule has 2 aromatic rings. The van der Waals surface area contributed by atoms with Gasteiger partial charge in [-0.15, -0.1) is 6.42 Å². The summed E-state index contributed by atoms with van der Waals surface area (Å²) in [7, 11) is 0. The van der Waals surface area contributed by atoms with Crippen molar-refractivity contribution in [2.75, 3.05) is 0 Å². The number of unbranched alkanes of at least 4 members (excludes halogenated alkanes) is 1. The zero-order valence-corrected chi connectivity index (χ0v) is 18.7. The Labute approximate surface area is 186 Å². The van der Waals surface area contributed by atoms with Gasteiger partial charge in [0.2, 0.25) is 0 Å². The summed E-state index contributed by atoms with van der Waals surface area (Å²) in [5, 5.41) is 1.35. The van der Waals surface area contributed by atoms with Gasteiger partial charge >= 0.3 is 0 Å². The van der Waals surface area contributed by atoms with E-state index in [0.717, 1.165) is 43.4 Å². The quantitative estimate of drug-likeness (QED) is 0.612. The van der Waals surface area contributed by atoms with Crippen molar-refractivity contribution in [1.82, 2.24) is 9.88 Å². The Morgan fingerprint density at radius 2 is 1.84 bits per heavy atom. The molecular formula is C28H34N2O. The van der Waals surface area contributed by atoms with Crippen molar-refractivity contribution in [3.8, 4) is 12.3 Å². The number of nitrogens with one attached hydrogen (secondary N) is 1. The lowest BCUT2D eigenvalue weighted by atomic mass is 9.47. The predicted molar refractivity (Wildman–Crippen MR) is 124 cm³/mol. The molecule has 5 aliphatic rings. The minimum absolute atomic E-state index is 0.0915. The number of fused-ring (bicyclic) bond motifs is 3. The Balaban J connectivity index is 1.54. The molecule has 1 N–H and O–H groups in total. The fourth-order valence-electron chi connectivity index (χ4n) is 8.51. The number of nitrogens with zero attached hydrogens (tertiary/aromatic N) is 1. The van der Waals surface area contributed by atoms with Crippen molar-refractivity contribution in [3.05, 3.63) is 35.5 Å². The first-order valence-electron chi connectivity index (χ1n) is 12.5. The molecule has 1 amide bonds. The maximum absolute atomic E-state index is 13.3. The Kier molecular flexibility index (Phi) is 4.50. The molecule has 31 heavy (non-hydrogen) atoms. The van der Waals surface area contributed by atoms with E-state index in [9.17, 15) is 4.79 Å². The molecule has 2 atom stereocenters. The van der Waals surface area contributed by atoms with Crippen molar-refractivity contribution in [2.24, 2.45) is 23.2 Å². The number of H-pyrrole nitrogens is 1. The normalized spacial score (nSPS) is 35.9. The molecule has 0 unspecified atom stereocenters. The summed E-state index contributed by atoms with van der Waals surface area (Å²) in [6.45, 7) is 2.24. The smallest absolute Gasteiger partial charge is 0.299 e. The monoisotopic (exact) mass is 414 g/mol. The summed E-state index contributed by atoms with van der Waals surface area (Å²) in [6, 6.07) is 9.05. The highest BCUT2D eigenvalue weighted by molar-refractivity contribution is 5.94. The van der Waals surface area contributed by atoms with Crippen LogP contribution in [0.25, 0.3) is 10.9 Å². The summed E-state index contributed by atoms with van der Waals surface area (Å²) in [6.07, 6.45) is 18.1. The third-order valence-electron chi connectivity index (χ3n) is 9.15. The van der Waals surface area contributed by atoms with Gasteiger partial charge in [0.1, 0.15) is 0 Å². The summed E-state index contributed by atoms with van der Waals surface area (Å²) < 4.78 is 0. The number of aromatic amines is 1. The van der Waals surface area contributed by atoms with Gasteiger partial charge in [-0.1, -0.05) is 38.0 Å². The molecule has 4 fully saturated rings. The third-order valence-corrected chi connectivity index (χ3v) is 9.15. The van der Waals surface area contributed by atoms with Crippen LogP contribution < -0.4 is 0 Å². The second-order valence-electron chi connectivity index (χ2n) is 11.1. The average Bonchev–Trinajstić information content (AvgIpc) is 3.13. The molecule has 2 heterocycles. The number of hydrogen-bond acceptors (Lipinski definition) is 1. The van der Waals surface area contributed by atoms with Crippen molar-refractivity contribution in [1.29, 1.82) is 0 Å². The lowest BCUT2D eigenvalue weighted by Gasteiger charge is -2.62. The third kappa shape index (κ3) is 2.90. The molecule has 4 saturated carbocycles. The van der Waals surface area contributed by atoms with E-state index < -0.39 is 0 Å². The number of carbonyl (C=O) groups is 1. The first-order valence-corrected chi connectivity index (χ1v) is 12.5. The number of para-hydroxylation sites is 1. The van der Waals surface area contributed by atoms with Crippen LogP contribution in [0.4, 0.5) is 0 Å². The molecule has 1 aromatic carbocycles. The SMILES string of the molecule is C#CC(=O)N1[C@@H](CCCC)Cc2c([nH]c3ccccc23)[C@@H]1C12CC3CC(CC(C3)C1)C2. The predicted octanol–water partition coefficient (Wildman–Crippen LogP) is 6.00. The Morgan fingerprint density at radius 3 is 2.48 bits per heavy atom. The van der Waals surface area contributed by atoms with Crippen molar-refractivity contribution in [3.63, 3.8) is 0 Å². The topological polar surface area (TPSA) is 36.1 Å². The molecular weight excluding hydrogens is 380 g/mol. The number of rotatable bonds is 4. The van der Waals surface area contributed by atoms with Gasteiger partial charge in [0.15, 0.2) is 0 Å². The van der Waals surface area contributed by atoms with E-state index in [-0.39, 0.29) is 23.4 Å². The largest absolute Gasteiger partial charge is 0.356 e. The fourth-order valence-corrected chi connectivity index (χ4v) is 8.51. The molecule has 3 heteroatoms. The van der Waals surface area contributed by atoms with Crippen LogP contribution in [0.1, 0.15) is 82.0 Å². The van der Waals surface area contributed by atoms with Crippen LogP contribution in [0.2, 0.25) is 0 Å². The van der Waals surface area contributed by atoms with Crippen LogP contribution in [-0.4, -0.2) is 21.8 Å². The fraction of sp³-hybridized carbons (Fsp3) is 0.607. The van der Waals surface area contributed by atoms with Crippen LogP contribution in [0, 0.1) is 35.5 Å². The molecule has 7 rings (SSSR count). The molecule has 3 nitrogen and oxygen atoms in total. The van der Waals surface area contributed by atoms with Crippen LogP contribution >= 0.6 is 0 Å². The van der Waals surface area contributed by atoms with Gasteiger partial charge in [0.25, 0.3) is 5.91 Å². The summed E-state index contributed by atoms with van der Waals surface area (Å²) >= 11 is 0. The highest BCUT2D eigenvalue weighted by Crippen LogP contribution is 2.66. The van der Waals surface area contributed by atoms with Gasteiger partial charge in [-0.3, -0.25) is 4.79 Å². The summed E-state index contributed by atoms with van der Waals surface area (Å²) in [5.74, 6) is 4.99. The molecule has 1 aliphatic heterocycles. The molecule has 162 valence electrons. The standard InChI is InChI=1S/C28H34N2O/c1-3-5-8-21-14-23-22-9-6-7-10-24(22)29-26(23)27(30(21)25(31)4-2)28-15-18-11-19(16-28)13-20(12-18)17-28/h2,6-7,9-10,18-21,27,29H,3,5,8,11-17H2,1H3/t18?,19?,20?,21-,27+,28?/m0/s1. The van der Waals surface area contributed by atoms with Gasteiger partial charge in [0.05, 0.1) is 6.04 Å². The number of amides is 1. The van der Waals surface area contributed by atoms with E-state index in [2.05, 4.69) is 47.0 Å².